The summed E-state index contributed by atoms with van der Waals surface area (Å²) in [4.78, 5) is 29.0. The zero-order valence-corrected chi connectivity index (χ0v) is 20.4. The van der Waals surface area contributed by atoms with Crippen LogP contribution < -0.4 is 15.1 Å². The molecule has 1 saturated heterocycles. The minimum absolute atomic E-state index is 0.240. The van der Waals surface area contributed by atoms with Gasteiger partial charge < -0.3 is 20.0 Å². The predicted octanol–water partition coefficient (Wildman–Crippen LogP) is 3.22. The van der Waals surface area contributed by atoms with Crippen LogP contribution in [0.15, 0.2) is 48.9 Å². The molecule has 0 spiro atoms. The molecule has 5 rings (SSSR count). The van der Waals surface area contributed by atoms with Gasteiger partial charge in [0.1, 0.15) is 0 Å². The molecule has 1 amide bonds. The van der Waals surface area contributed by atoms with E-state index in [0.29, 0.717) is 17.4 Å². The number of amides is 1. The van der Waals surface area contributed by atoms with Crippen molar-refractivity contribution >= 4 is 44.8 Å². The summed E-state index contributed by atoms with van der Waals surface area (Å²) in [6, 6.07) is 9.95. The molecule has 10 heteroatoms. The highest BCUT2D eigenvalue weighted by Crippen LogP contribution is 2.39. The first-order chi connectivity index (χ1) is 16.4. The van der Waals surface area contributed by atoms with Crippen LogP contribution in [0, 0.1) is 0 Å². The summed E-state index contributed by atoms with van der Waals surface area (Å²) in [7, 11) is 8.14. The van der Waals surface area contributed by atoms with Crippen molar-refractivity contribution in [1.29, 1.82) is 0 Å². The third-order valence-electron chi connectivity index (χ3n) is 5.98. The first-order valence-corrected chi connectivity index (χ1v) is 11.8. The highest BCUT2D eigenvalue weighted by Gasteiger charge is 2.32. The van der Waals surface area contributed by atoms with Crippen molar-refractivity contribution in [2.24, 2.45) is 0 Å². The average Bonchev–Trinajstić information content (AvgIpc) is 3.30. The lowest BCUT2D eigenvalue weighted by atomic mass is 10.0. The quantitative estimate of drug-likeness (QED) is 0.456. The van der Waals surface area contributed by atoms with Crippen molar-refractivity contribution in [2.75, 3.05) is 56.4 Å². The van der Waals surface area contributed by atoms with Gasteiger partial charge in [0.05, 0.1) is 16.1 Å². The van der Waals surface area contributed by atoms with Gasteiger partial charge in [-0.15, -0.1) is 10.2 Å². The van der Waals surface area contributed by atoms with E-state index < -0.39 is 0 Å². The maximum absolute atomic E-state index is 12.9. The Bertz CT molecular complexity index is 1330. The maximum Gasteiger partial charge on any atom is 0.257 e. The first kappa shape index (κ1) is 22.2. The summed E-state index contributed by atoms with van der Waals surface area (Å²) >= 11 is 1.64. The number of rotatable bonds is 6. The van der Waals surface area contributed by atoms with Gasteiger partial charge in [0.2, 0.25) is 0 Å². The van der Waals surface area contributed by atoms with Crippen LogP contribution in [-0.4, -0.2) is 78.3 Å². The molecule has 1 N–H and O–H groups in total. The summed E-state index contributed by atoms with van der Waals surface area (Å²) in [5.41, 5.74) is 3.26. The van der Waals surface area contributed by atoms with E-state index in [0.717, 1.165) is 45.3 Å². The molecule has 1 fully saturated rings. The van der Waals surface area contributed by atoms with E-state index >= 15 is 0 Å². The molecule has 1 aliphatic rings. The van der Waals surface area contributed by atoms with Crippen molar-refractivity contribution in [1.82, 2.24) is 25.1 Å². The number of likely N-dealkylation sites (N-methyl/N-ethyl adjacent to an activating group) is 1. The molecule has 0 unspecified atom stereocenters. The van der Waals surface area contributed by atoms with E-state index in [1.165, 1.54) is 0 Å². The van der Waals surface area contributed by atoms with E-state index in [1.807, 2.05) is 37.3 Å². The molecule has 34 heavy (non-hydrogen) atoms. The summed E-state index contributed by atoms with van der Waals surface area (Å²) in [6.07, 6.45) is 5.10. The van der Waals surface area contributed by atoms with E-state index in [-0.39, 0.29) is 5.91 Å². The third-order valence-corrected chi connectivity index (χ3v) is 7.19. The van der Waals surface area contributed by atoms with Gasteiger partial charge in [0.15, 0.2) is 10.9 Å². The molecule has 0 saturated carbocycles. The van der Waals surface area contributed by atoms with Crippen LogP contribution in [0.3, 0.4) is 0 Å². The molecule has 0 radical (unpaired) electrons. The zero-order valence-electron chi connectivity index (χ0n) is 19.6. The summed E-state index contributed by atoms with van der Waals surface area (Å²) in [5, 5.41) is 13.7. The molecule has 3 aromatic heterocycles. The minimum atomic E-state index is -0.240. The van der Waals surface area contributed by atoms with E-state index in [1.54, 1.807) is 35.9 Å². The highest BCUT2D eigenvalue weighted by molar-refractivity contribution is 7.18. The van der Waals surface area contributed by atoms with Crippen molar-refractivity contribution < 1.29 is 4.79 Å². The number of hydrogen-bond acceptors (Lipinski definition) is 9. The monoisotopic (exact) mass is 474 g/mol. The topological polar surface area (TPSA) is 90.4 Å². The second-order valence-corrected chi connectivity index (χ2v) is 9.75. The normalized spacial score (nSPS) is 13.9. The van der Waals surface area contributed by atoms with Crippen LogP contribution in [-0.2, 0) is 0 Å². The van der Waals surface area contributed by atoms with E-state index in [4.69, 9.17) is 0 Å². The summed E-state index contributed by atoms with van der Waals surface area (Å²) in [6.45, 7) is 1.70. The first-order valence-electron chi connectivity index (χ1n) is 11.0. The molecule has 1 aromatic carbocycles. The lowest BCUT2D eigenvalue weighted by Crippen LogP contribution is -2.57. The number of benzene rings is 1. The van der Waals surface area contributed by atoms with Crippen LogP contribution in [0.25, 0.3) is 21.3 Å². The molecule has 0 bridgehead atoms. The SMILES string of the molecule is CN(C)c1ncc(-c2ccc3nnc(NC(=O)c4ccncc4)c(N4CC(N(C)C)C4)c3c2)s1. The van der Waals surface area contributed by atoms with Gasteiger partial charge in [0, 0.05) is 62.8 Å². The molecular formula is C24H26N8OS. The van der Waals surface area contributed by atoms with Gasteiger partial charge in [-0.05, 0) is 43.9 Å². The van der Waals surface area contributed by atoms with Gasteiger partial charge in [0.25, 0.3) is 5.91 Å². The fourth-order valence-electron chi connectivity index (χ4n) is 3.90. The van der Waals surface area contributed by atoms with E-state index in [2.05, 4.69) is 55.4 Å². The van der Waals surface area contributed by atoms with Crippen molar-refractivity contribution in [2.45, 2.75) is 6.04 Å². The zero-order chi connectivity index (χ0) is 23.8. The Morgan fingerprint density at radius 3 is 2.53 bits per heavy atom. The van der Waals surface area contributed by atoms with Gasteiger partial charge in [-0.1, -0.05) is 17.4 Å². The molecule has 4 aromatic rings. The number of fused-ring (bicyclic) bond motifs is 1. The summed E-state index contributed by atoms with van der Waals surface area (Å²) < 4.78 is 0. The second kappa shape index (κ2) is 8.96. The van der Waals surface area contributed by atoms with Crippen molar-refractivity contribution in [3.63, 3.8) is 0 Å². The van der Waals surface area contributed by atoms with E-state index in [9.17, 15) is 4.79 Å². The molecule has 0 atom stereocenters. The Labute approximate surface area is 202 Å². The Morgan fingerprint density at radius 1 is 1.09 bits per heavy atom. The van der Waals surface area contributed by atoms with Gasteiger partial charge in [-0.25, -0.2) is 4.98 Å². The van der Waals surface area contributed by atoms with Gasteiger partial charge >= 0.3 is 0 Å². The highest BCUT2D eigenvalue weighted by atomic mass is 32.1. The van der Waals surface area contributed by atoms with Crippen LogP contribution in [0.2, 0.25) is 0 Å². The van der Waals surface area contributed by atoms with Crippen LogP contribution >= 0.6 is 11.3 Å². The lowest BCUT2D eigenvalue weighted by Gasteiger charge is -2.44. The second-order valence-electron chi connectivity index (χ2n) is 8.74. The number of nitrogens with zero attached hydrogens (tertiary/aromatic N) is 7. The Morgan fingerprint density at radius 2 is 1.85 bits per heavy atom. The van der Waals surface area contributed by atoms with Gasteiger partial charge in [-0.3, -0.25) is 9.78 Å². The number of pyridine rings is 1. The molecule has 174 valence electrons. The fraction of sp³-hybridized carbons (Fsp3) is 0.292. The largest absolute Gasteiger partial charge is 0.365 e. The van der Waals surface area contributed by atoms with Crippen LogP contribution in [0.4, 0.5) is 16.6 Å². The molecule has 0 aliphatic carbocycles. The lowest BCUT2D eigenvalue weighted by molar-refractivity contribution is 0.102. The van der Waals surface area contributed by atoms with Crippen LogP contribution in [0.1, 0.15) is 10.4 Å². The number of thiazole rings is 1. The number of carbonyl (C=O) groups excluding carboxylic acids is 1. The number of anilines is 3. The molecule has 4 heterocycles. The Kier molecular flexibility index (Phi) is 5.84. The molecule has 1 aliphatic heterocycles. The number of hydrogen-bond donors (Lipinski definition) is 1. The summed E-state index contributed by atoms with van der Waals surface area (Å²) in [5.74, 6) is 0.221. The van der Waals surface area contributed by atoms with Gasteiger partial charge in [-0.2, -0.15) is 0 Å². The standard InChI is InChI=1S/C24H26N8OS/c1-30(2)17-13-32(14-17)21-18-11-16(20-12-26-24(34-20)31(3)4)5-6-19(18)28-29-22(21)27-23(33)15-7-9-25-10-8-15/h5-12,17H,13-14H2,1-4H3,(H,27,29,33). The van der Waals surface area contributed by atoms with Crippen LogP contribution in [0.5, 0.6) is 0 Å². The fourth-order valence-corrected chi connectivity index (χ4v) is 4.74. The predicted molar refractivity (Wildman–Crippen MR) is 137 cm³/mol. The third kappa shape index (κ3) is 4.17. The molecular weight excluding hydrogens is 448 g/mol. The Balaban J connectivity index is 1.58. The number of nitrogens with one attached hydrogen (secondary N) is 1. The maximum atomic E-state index is 12.9. The van der Waals surface area contributed by atoms with Crippen molar-refractivity contribution in [3.8, 4) is 10.4 Å². The average molecular weight is 475 g/mol. The molecule has 9 nitrogen and oxygen atoms in total. The number of carbonyl (C=O) groups is 1. The number of aromatic nitrogens is 4. The smallest absolute Gasteiger partial charge is 0.257 e. The minimum Gasteiger partial charge on any atom is -0.365 e. The Hall–Kier alpha value is -3.63. The van der Waals surface area contributed by atoms with Crippen molar-refractivity contribution in [3.05, 3.63) is 54.5 Å².